The van der Waals surface area contributed by atoms with Crippen molar-refractivity contribution in [2.75, 3.05) is 11.4 Å². The van der Waals surface area contributed by atoms with E-state index in [4.69, 9.17) is 0 Å². The molecule has 0 saturated carbocycles. The zero-order valence-electron chi connectivity index (χ0n) is 12.4. The van der Waals surface area contributed by atoms with Gasteiger partial charge in [0.05, 0.1) is 0 Å². The minimum atomic E-state index is -1.13. The van der Waals surface area contributed by atoms with Crippen LogP contribution in [-0.2, 0) is 4.79 Å². The average molecular weight is 334 g/mol. The van der Waals surface area contributed by atoms with Gasteiger partial charge in [-0.25, -0.2) is 13.2 Å². The van der Waals surface area contributed by atoms with Gasteiger partial charge >= 0.3 is 0 Å². The predicted molar refractivity (Wildman–Crippen MR) is 81.0 cm³/mol. The van der Waals surface area contributed by atoms with Crippen LogP contribution in [0.3, 0.4) is 0 Å². The van der Waals surface area contributed by atoms with Crippen molar-refractivity contribution in [3.8, 4) is 0 Å². The van der Waals surface area contributed by atoms with Crippen molar-refractivity contribution in [3.05, 3.63) is 65.5 Å². The number of rotatable bonds is 3. The second-order valence-electron chi connectivity index (χ2n) is 5.41. The van der Waals surface area contributed by atoms with E-state index in [9.17, 15) is 22.8 Å². The molecule has 0 unspecified atom stereocenters. The molecular formula is C17H13F3N2O2. The second kappa shape index (κ2) is 6.35. The van der Waals surface area contributed by atoms with Crippen molar-refractivity contribution in [1.82, 2.24) is 5.32 Å². The minimum Gasteiger partial charge on any atom is -0.340 e. The average Bonchev–Trinajstić information content (AvgIpc) is 2.92. The topological polar surface area (TPSA) is 49.4 Å². The van der Waals surface area contributed by atoms with Crippen LogP contribution in [0.2, 0.25) is 0 Å². The molecule has 124 valence electrons. The maximum Gasteiger partial charge on any atom is 0.252 e. The Balaban J connectivity index is 1.70. The highest BCUT2D eigenvalue weighted by molar-refractivity contribution is 6.03. The summed E-state index contributed by atoms with van der Waals surface area (Å²) in [6.07, 6.45) is 0.367. The standard InChI is InChI=1S/C17H13F3N2O2/c18-11-2-4-12(5-3-11)22-8-7-15(17(22)24)21-16(23)10-1-6-13(19)14(20)9-10/h1-6,9,15H,7-8H2,(H,21,23)/t15-/m0/s1. The molecule has 2 aromatic carbocycles. The number of nitrogens with one attached hydrogen (secondary N) is 1. The van der Waals surface area contributed by atoms with Crippen molar-refractivity contribution in [3.63, 3.8) is 0 Å². The molecule has 0 radical (unpaired) electrons. The normalized spacial score (nSPS) is 17.2. The molecule has 24 heavy (non-hydrogen) atoms. The van der Waals surface area contributed by atoms with Crippen LogP contribution in [0.1, 0.15) is 16.8 Å². The number of anilines is 1. The first kappa shape index (κ1) is 16.0. The lowest BCUT2D eigenvalue weighted by atomic mass is 10.1. The molecule has 1 N–H and O–H groups in total. The zero-order valence-corrected chi connectivity index (χ0v) is 12.4. The molecular weight excluding hydrogens is 321 g/mol. The Morgan fingerprint density at radius 3 is 2.42 bits per heavy atom. The maximum atomic E-state index is 13.2. The third kappa shape index (κ3) is 3.10. The Labute approximate surface area is 135 Å². The van der Waals surface area contributed by atoms with E-state index in [1.807, 2.05) is 0 Å². The highest BCUT2D eigenvalue weighted by Gasteiger charge is 2.33. The molecule has 2 amide bonds. The monoisotopic (exact) mass is 334 g/mol. The van der Waals surface area contributed by atoms with Gasteiger partial charge in [0.25, 0.3) is 5.91 Å². The first-order chi connectivity index (χ1) is 11.5. The Hall–Kier alpha value is -2.83. The van der Waals surface area contributed by atoms with E-state index in [1.54, 1.807) is 0 Å². The van der Waals surface area contributed by atoms with Crippen LogP contribution in [0.25, 0.3) is 0 Å². The van der Waals surface area contributed by atoms with Crippen molar-refractivity contribution in [1.29, 1.82) is 0 Å². The number of nitrogens with zero attached hydrogens (tertiary/aromatic N) is 1. The van der Waals surface area contributed by atoms with Crippen LogP contribution in [0.4, 0.5) is 18.9 Å². The Morgan fingerprint density at radius 2 is 1.75 bits per heavy atom. The summed E-state index contributed by atoms with van der Waals surface area (Å²) in [6.45, 7) is 0.368. The van der Waals surface area contributed by atoms with Crippen molar-refractivity contribution >= 4 is 17.5 Å². The van der Waals surface area contributed by atoms with Crippen LogP contribution in [0.5, 0.6) is 0 Å². The molecule has 1 aliphatic rings. The highest BCUT2D eigenvalue weighted by atomic mass is 19.2. The van der Waals surface area contributed by atoms with Crippen LogP contribution in [-0.4, -0.2) is 24.4 Å². The fourth-order valence-corrected chi connectivity index (χ4v) is 2.57. The van der Waals surface area contributed by atoms with Crippen LogP contribution in [0.15, 0.2) is 42.5 Å². The van der Waals surface area contributed by atoms with E-state index in [0.717, 1.165) is 18.2 Å². The van der Waals surface area contributed by atoms with Crippen LogP contribution < -0.4 is 10.2 Å². The largest absolute Gasteiger partial charge is 0.340 e. The quantitative estimate of drug-likeness (QED) is 0.938. The van der Waals surface area contributed by atoms with E-state index in [-0.39, 0.29) is 11.5 Å². The van der Waals surface area contributed by atoms with Gasteiger partial charge in [0.2, 0.25) is 5.91 Å². The molecule has 0 aromatic heterocycles. The number of amides is 2. The van der Waals surface area contributed by atoms with Crippen LogP contribution in [0, 0.1) is 17.5 Å². The van der Waals surface area contributed by atoms with Crippen molar-refractivity contribution in [2.45, 2.75) is 12.5 Å². The molecule has 0 aliphatic carbocycles. The van der Waals surface area contributed by atoms with Gasteiger partial charge in [-0.1, -0.05) is 0 Å². The maximum absolute atomic E-state index is 13.2. The Kier molecular flexibility index (Phi) is 4.24. The van der Waals surface area contributed by atoms with Gasteiger partial charge in [-0.15, -0.1) is 0 Å². The second-order valence-corrected chi connectivity index (χ2v) is 5.41. The molecule has 1 heterocycles. The molecule has 0 spiro atoms. The van der Waals surface area contributed by atoms with Gasteiger partial charge in [-0.3, -0.25) is 9.59 Å². The first-order valence-corrected chi connectivity index (χ1v) is 7.28. The van der Waals surface area contributed by atoms with E-state index >= 15 is 0 Å². The fourth-order valence-electron chi connectivity index (χ4n) is 2.57. The molecule has 0 bridgehead atoms. The van der Waals surface area contributed by atoms with Gasteiger partial charge in [0, 0.05) is 17.8 Å². The number of benzene rings is 2. The van der Waals surface area contributed by atoms with Gasteiger partial charge in [-0.05, 0) is 48.9 Å². The van der Waals surface area contributed by atoms with Crippen molar-refractivity contribution < 1.29 is 22.8 Å². The lowest BCUT2D eigenvalue weighted by molar-refractivity contribution is -0.118. The smallest absolute Gasteiger partial charge is 0.252 e. The van der Waals surface area contributed by atoms with E-state index in [2.05, 4.69) is 5.32 Å². The molecule has 7 heteroatoms. The minimum absolute atomic E-state index is 0.0677. The molecule has 3 rings (SSSR count). The third-order valence-electron chi connectivity index (χ3n) is 3.83. The Bertz CT molecular complexity index is 793. The lowest BCUT2D eigenvalue weighted by Gasteiger charge is -2.17. The van der Waals surface area contributed by atoms with E-state index in [1.165, 1.54) is 29.2 Å². The number of hydrogen-bond acceptors (Lipinski definition) is 2. The zero-order chi connectivity index (χ0) is 17.3. The summed E-state index contributed by atoms with van der Waals surface area (Å²) in [5.41, 5.74) is 0.466. The third-order valence-corrected chi connectivity index (χ3v) is 3.83. The molecule has 1 saturated heterocycles. The SMILES string of the molecule is O=C(N[C@H]1CCN(c2ccc(F)cc2)C1=O)c1ccc(F)c(F)c1. The van der Waals surface area contributed by atoms with Crippen LogP contribution >= 0.6 is 0 Å². The van der Waals surface area contributed by atoms with E-state index < -0.39 is 29.4 Å². The van der Waals surface area contributed by atoms with Gasteiger partial charge < -0.3 is 10.2 Å². The summed E-state index contributed by atoms with van der Waals surface area (Å²) in [7, 11) is 0. The number of carbonyl (C=O) groups is 2. The van der Waals surface area contributed by atoms with Gasteiger partial charge in [-0.2, -0.15) is 0 Å². The highest BCUT2D eigenvalue weighted by Crippen LogP contribution is 2.22. The fraction of sp³-hybridized carbons (Fsp3) is 0.176. The number of carbonyl (C=O) groups excluding carboxylic acids is 2. The molecule has 1 fully saturated rings. The number of hydrogen-bond donors (Lipinski definition) is 1. The molecule has 1 aliphatic heterocycles. The summed E-state index contributed by atoms with van der Waals surface area (Å²) in [5, 5.41) is 2.51. The first-order valence-electron chi connectivity index (χ1n) is 7.28. The summed E-state index contributed by atoms with van der Waals surface area (Å²) in [6, 6.07) is 7.46. The Morgan fingerprint density at radius 1 is 1.04 bits per heavy atom. The molecule has 2 aromatic rings. The summed E-state index contributed by atoms with van der Waals surface area (Å²) < 4.78 is 39.0. The van der Waals surface area contributed by atoms with Gasteiger partial charge in [0.15, 0.2) is 11.6 Å². The number of halogens is 3. The lowest BCUT2D eigenvalue weighted by Crippen LogP contribution is -2.41. The summed E-state index contributed by atoms with van der Waals surface area (Å²) in [4.78, 5) is 25.9. The van der Waals surface area contributed by atoms with Gasteiger partial charge in [0.1, 0.15) is 11.9 Å². The summed E-state index contributed by atoms with van der Waals surface area (Å²) in [5.74, 6) is -3.58. The van der Waals surface area contributed by atoms with Crippen molar-refractivity contribution in [2.24, 2.45) is 0 Å². The predicted octanol–water partition coefficient (Wildman–Crippen LogP) is 2.64. The molecule has 1 atom stereocenters. The van der Waals surface area contributed by atoms with E-state index in [0.29, 0.717) is 18.7 Å². The molecule has 4 nitrogen and oxygen atoms in total. The summed E-state index contributed by atoms with van der Waals surface area (Å²) >= 11 is 0.